The van der Waals surface area contributed by atoms with Gasteiger partial charge in [0, 0.05) is 23.5 Å². The van der Waals surface area contributed by atoms with Gasteiger partial charge in [-0.3, -0.25) is 4.79 Å². The lowest BCUT2D eigenvalue weighted by atomic mass is 9.97. The van der Waals surface area contributed by atoms with E-state index in [4.69, 9.17) is 9.72 Å². The van der Waals surface area contributed by atoms with Crippen LogP contribution in [0.1, 0.15) is 30.2 Å². The number of amides is 1. The lowest BCUT2D eigenvalue weighted by Crippen LogP contribution is -2.38. The van der Waals surface area contributed by atoms with E-state index >= 15 is 0 Å². The topological polar surface area (TPSA) is 42.4 Å². The molecule has 3 aromatic rings. The number of likely N-dealkylation sites (tertiary alicyclic amines) is 1. The Morgan fingerprint density at radius 3 is 2.78 bits per heavy atom. The highest BCUT2D eigenvalue weighted by Gasteiger charge is 2.25. The monoisotopic (exact) mass is 444 g/mol. The van der Waals surface area contributed by atoms with Crippen LogP contribution < -0.4 is 4.74 Å². The van der Waals surface area contributed by atoms with E-state index in [0.29, 0.717) is 18.9 Å². The standard InChI is InChI=1S/C21H21BrN2O2S/c22-16-4-3-5-17(14-16)26-13-10-20(25)24-11-8-15(9-12-24)21-23-18-6-1-2-7-19(18)27-21/h1-7,14-15H,8-13H2. The molecular weight excluding hydrogens is 424 g/mol. The molecule has 140 valence electrons. The molecule has 0 radical (unpaired) electrons. The summed E-state index contributed by atoms with van der Waals surface area (Å²) in [5.74, 6) is 1.42. The minimum absolute atomic E-state index is 0.174. The van der Waals surface area contributed by atoms with Gasteiger partial charge in [0.15, 0.2) is 0 Å². The number of hydrogen-bond acceptors (Lipinski definition) is 4. The molecule has 0 spiro atoms. The summed E-state index contributed by atoms with van der Waals surface area (Å²) in [4.78, 5) is 19.2. The summed E-state index contributed by atoms with van der Waals surface area (Å²) in [6, 6.07) is 16.0. The van der Waals surface area contributed by atoms with Gasteiger partial charge >= 0.3 is 0 Å². The molecule has 0 saturated carbocycles. The summed E-state index contributed by atoms with van der Waals surface area (Å²) in [5.41, 5.74) is 1.08. The Morgan fingerprint density at radius 2 is 2.00 bits per heavy atom. The van der Waals surface area contributed by atoms with Crippen LogP contribution in [0.2, 0.25) is 0 Å². The number of aromatic nitrogens is 1. The van der Waals surface area contributed by atoms with Gasteiger partial charge in [-0.2, -0.15) is 0 Å². The molecule has 2 heterocycles. The summed E-state index contributed by atoms with van der Waals surface area (Å²) in [6.45, 7) is 2.01. The van der Waals surface area contributed by atoms with Crippen LogP contribution in [-0.4, -0.2) is 35.5 Å². The first-order valence-electron chi connectivity index (χ1n) is 9.20. The second-order valence-corrected chi connectivity index (χ2v) is 8.71. The van der Waals surface area contributed by atoms with Gasteiger partial charge < -0.3 is 9.64 Å². The van der Waals surface area contributed by atoms with Crippen molar-refractivity contribution in [1.29, 1.82) is 0 Å². The van der Waals surface area contributed by atoms with Crippen molar-refractivity contribution < 1.29 is 9.53 Å². The lowest BCUT2D eigenvalue weighted by molar-refractivity contribution is -0.132. The molecule has 0 bridgehead atoms. The molecule has 4 nitrogen and oxygen atoms in total. The predicted molar refractivity (Wildman–Crippen MR) is 112 cm³/mol. The maximum Gasteiger partial charge on any atom is 0.225 e. The zero-order valence-corrected chi connectivity index (χ0v) is 17.3. The number of piperidine rings is 1. The Hall–Kier alpha value is -1.92. The second-order valence-electron chi connectivity index (χ2n) is 6.73. The van der Waals surface area contributed by atoms with Crippen LogP contribution in [0, 0.1) is 0 Å². The van der Waals surface area contributed by atoms with Gasteiger partial charge in [-0.15, -0.1) is 11.3 Å². The lowest BCUT2D eigenvalue weighted by Gasteiger charge is -2.31. The maximum atomic E-state index is 12.5. The highest BCUT2D eigenvalue weighted by molar-refractivity contribution is 9.10. The summed E-state index contributed by atoms with van der Waals surface area (Å²) >= 11 is 5.21. The van der Waals surface area contributed by atoms with E-state index < -0.39 is 0 Å². The first kappa shape index (κ1) is 18.4. The molecule has 4 rings (SSSR count). The molecule has 1 fully saturated rings. The van der Waals surface area contributed by atoms with Crippen molar-refractivity contribution in [3.05, 3.63) is 58.0 Å². The van der Waals surface area contributed by atoms with Crippen molar-refractivity contribution in [2.75, 3.05) is 19.7 Å². The zero-order chi connectivity index (χ0) is 18.6. The first-order valence-corrected chi connectivity index (χ1v) is 10.8. The molecule has 0 aliphatic carbocycles. The smallest absolute Gasteiger partial charge is 0.225 e. The Kier molecular flexibility index (Phi) is 5.74. The van der Waals surface area contributed by atoms with E-state index in [9.17, 15) is 4.79 Å². The number of thiazole rings is 1. The molecule has 2 aromatic carbocycles. The number of halogens is 1. The van der Waals surface area contributed by atoms with Crippen molar-refractivity contribution in [1.82, 2.24) is 9.88 Å². The van der Waals surface area contributed by atoms with E-state index in [-0.39, 0.29) is 5.91 Å². The third kappa shape index (κ3) is 4.50. The molecule has 0 unspecified atom stereocenters. The highest BCUT2D eigenvalue weighted by Crippen LogP contribution is 2.33. The average Bonchev–Trinajstić information content (AvgIpc) is 3.12. The van der Waals surface area contributed by atoms with Gasteiger partial charge in [-0.05, 0) is 43.2 Å². The zero-order valence-electron chi connectivity index (χ0n) is 14.9. The number of fused-ring (bicyclic) bond motifs is 1. The minimum atomic E-state index is 0.174. The van der Waals surface area contributed by atoms with Crippen LogP contribution in [0.15, 0.2) is 53.0 Å². The van der Waals surface area contributed by atoms with Gasteiger partial charge in [0.1, 0.15) is 5.75 Å². The van der Waals surface area contributed by atoms with E-state index in [1.54, 1.807) is 11.3 Å². The number of nitrogens with zero attached hydrogens (tertiary/aromatic N) is 2. The van der Waals surface area contributed by atoms with Crippen molar-refractivity contribution in [2.45, 2.75) is 25.2 Å². The van der Waals surface area contributed by atoms with Crippen molar-refractivity contribution in [2.24, 2.45) is 0 Å². The third-order valence-corrected chi connectivity index (χ3v) is 6.58. The molecule has 0 N–H and O–H groups in total. The number of ether oxygens (including phenoxy) is 1. The number of carbonyl (C=O) groups excluding carboxylic acids is 1. The van der Waals surface area contributed by atoms with Crippen molar-refractivity contribution in [3.63, 3.8) is 0 Å². The van der Waals surface area contributed by atoms with Crippen LogP contribution in [0.3, 0.4) is 0 Å². The Labute approximate surface area is 171 Å². The van der Waals surface area contributed by atoms with Gasteiger partial charge in [-0.25, -0.2) is 4.98 Å². The maximum absolute atomic E-state index is 12.5. The molecule has 27 heavy (non-hydrogen) atoms. The molecule has 1 amide bonds. The van der Waals surface area contributed by atoms with Gasteiger partial charge in [0.25, 0.3) is 0 Å². The summed E-state index contributed by atoms with van der Waals surface area (Å²) in [6.07, 6.45) is 2.38. The summed E-state index contributed by atoms with van der Waals surface area (Å²) < 4.78 is 7.91. The molecule has 0 atom stereocenters. The summed E-state index contributed by atoms with van der Waals surface area (Å²) in [5, 5.41) is 1.21. The van der Waals surface area contributed by atoms with Crippen LogP contribution >= 0.6 is 27.3 Å². The fraction of sp³-hybridized carbons (Fsp3) is 0.333. The molecule has 6 heteroatoms. The fourth-order valence-corrected chi connectivity index (χ4v) is 4.93. The van der Waals surface area contributed by atoms with Gasteiger partial charge in [-0.1, -0.05) is 34.1 Å². The van der Waals surface area contributed by atoms with E-state index in [2.05, 4.69) is 34.1 Å². The van der Waals surface area contributed by atoms with E-state index in [1.165, 1.54) is 9.71 Å². The van der Waals surface area contributed by atoms with Gasteiger partial charge in [0.05, 0.1) is 28.3 Å². The number of benzene rings is 2. The summed E-state index contributed by atoms with van der Waals surface area (Å²) in [7, 11) is 0. The molecule has 1 aliphatic rings. The van der Waals surface area contributed by atoms with Crippen molar-refractivity contribution >= 4 is 43.4 Å². The second kappa shape index (κ2) is 8.40. The number of hydrogen-bond donors (Lipinski definition) is 0. The highest BCUT2D eigenvalue weighted by atomic mass is 79.9. The fourth-order valence-electron chi connectivity index (χ4n) is 3.41. The quantitative estimate of drug-likeness (QED) is 0.540. The first-order chi connectivity index (χ1) is 13.2. The van der Waals surface area contributed by atoms with Gasteiger partial charge in [0.2, 0.25) is 5.91 Å². The minimum Gasteiger partial charge on any atom is -0.493 e. The molecule has 1 aliphatic heterocycles. The van der Waals surface area contributed by atoms with Crippen LogP contribution in [0.5, 0.6) is 5.75 Å². The Morgan fingerprint density at radius 1 is 1.19 bits per heavy atom. The van der Waals surface area contributed by atoms with Crippen molar-refractivity contribution in [3.8, 4) is 5.75 Å². The number of carbonyl (C=O) groups is 1. The molecule has 1 saturated heterocycles. The Bertz CT molecular complexity index is 902. The van der Waals surface area contributed by atoms with Crippen LogP contribution in [-0.2, 0) is 4.79 Å². The Balaban J connectivity index is 1.26. The average molecular weight is 445 g/mol. The van der Waals surface area contributed by atoms with Crippen LogP contribution in [0.25, 0.3) is 10.2 Å². The normalized spacial score (nSPS) is 15.2. The molecular formula is C21H21BrN2O2S. The SMILES string of the molecule is O=C(CCOc1cccc(Br)c1)N1CCC(c2nc3ccccc3s2)CC1. The van der Waals surface area contributed by atoms with Crippen LogP contribution in [0.4, 0.5) is 0 Å². The predicted octanol–water partition coefficient (Wildman–Crippen LogP) is 5.23. The molecule has 1 aromatic heterocycles. The third-order valence-electron chi connectivity index (χ3n) is 4.89. The largest absolute Gasteiger partial charge is 0.493 e. The number of para-hydroxylation sites is 1. The van der Waals surface area contributed by atoms with E-state index in [0.717, 1.165) is 41.7 Å². The number of rotatable bonds is 5. The van der Waals surface area contributed by atoms with E-state index in [1.807, 2.05) is 35.2 Å².